The number of nitrogens with zero attached hydrogens (tertiary/aromatic N) is 2. The molecule has 1 atom stereocenters. The summed E-state index contributed by atoms with van der Waals surface area (Å²) in [7, 11) is 0. The summed E-state index contributed by atoms with van der Waals surface area (Å²) in [5, 5.41) is 17.6. The zero-order valence-corrected chi connectivity index (χ0v) is 8.24. The Labute approximate surface area is 80.0 Å². The van der Waals surface area contributed by atoms with Crippen molar-refractivity contribution < 1.29 is 5.11 Å². The average molecular weight is 182 g/mol. The summed E-state index contributed by atoms with van der Waals surface area (Å²) in [6, 6.07) is 2.32. The van der Waals surface area contributed by atoms with Crippen LogP contribution in [0.25, 0.3) is 0 Å². The molecule has 0 bridgehead atoms. The van der Waals surface area contributed by atoms with Gasteiger partial charge in [0.25, 0.3) is 0 Å². The molecule has 3 nitrogen and oxygen atoms in total. The van der Waals surface area contributed by atoms with Crippen LogP contribution < -0.4 is 0 Å². The van der Waals surface area contributed by atoms with E-state index in [0.29, 0.717) is 5.92 Å². The standard InChI is InChI=1S/C10H18N2O/c1-9(8-13)7-12-4-2-10(6-11)3-5-12/h9-10,13H,2-5,7-8H2,1H3. The van der Waals surface area contributed by atoms with Crippen molar-refractivity contribution in [1.29, 1.82) is 5.26 Å². The monoisotopic (exact) mass is 182 g/mol. The normalized spacial score (nSPS) is 22.5. The van der Waals surface area contributed by atoms with Crippen molar-refractivity contribution >= 4 is 0 Å². The number of nitriles is 1. The van der Waals surface area contributed by atoms with E-state index in [0.717, 1.165) is 32.5 Å². The van der Waals surface area contributed by atoms with Crippen LogP contribution >= 0.6 is 0 Å². The number of hydrogen-bond acceptors (Lipinski definition) is 3. The molecular weight excluding hydrogens is 164 g/mol. The molecule has 1 heterocycles. The lowest BCUT2D eigenvalue weighted by atomic mass is 9.98. The highest BCUT2D eigenvalue weighted by Gasteiger charge is 2.19. The van der Waals surface area contributed by atoms with E-state index in [1.165, 1.54) is 0 Å². The maximum Gasteiger partial charge on any atom is 0.0656 e. The second-order valence-corrected chi connectivity index (χ2v) is 3.99. The SMILES string of the molecule is CC(CO)CN1CCC(C#N)CC1. The van der Waals surface area contributed by atoms with E-state index in [1.807, 2.05) is 0 Å². The van der Waals surface area contributed by atoms with Crippen LogP contribution in [0.3, 0.4) is 0 Å². The summed E-state index contributed by atoms with van der Waals surface area (Å²) >= 11 is 0. The first-order valence-electron chi connectivity index (χ1n) is 4.99. The lowest BCUT2D eigenvalue weighted by Crippen LogP contribution is -2.36. The fourth-order valence-corrected chi connectivity index (χ4v) is 1.74. The summed E-state index contributed by atoms with van der Waals surface area (Å²) < 4.78 is 0. The average Bonchev–Trinajstić information content (AvgIpc) is 2.19. The molecule has 0 amide bonds. The van der Waals surface area contributed by atoms with Crippen LogP contribution in [0.15, 0.2) is 0 Å². The van der Waals surface area contributed by atoms with Gasteiger partial charge in [-0.05, 0) is 31.8 Å². The van der Waals surface area contributed by atoms with Crippen LogP contribution in [0.2, 0.25) is 0 Å². The van der Waals surface area contributed by atoms with Gasteiger partial charge in [-0.3, -0.25) is 0 Å². The predicted octanol–water partition coefficient (Wildman–Crippen LogP) is 0.850. The molecule has 3 heteroatoms. The molecule has 0 aromatic carbocycles. The minimum Gasteiger partial charge on any atom is -0.396 e. The van der Waals surface area contributed by atoms with E-state index >= 15 is 0 Å². The number of piperidine rings is 1. The molecule has 1 fully saturated rings. The second-order valence-electron chi connectivity index (χ2n) is 3.99. The number of likely N-dealkylation sites (tertiary alicyclic amines) is 1. The number of rotatable bonds is 3. The molecule has 0 saturated carbocycles. The number of hydrogen-bond donors (Lipinski definition) is 1. The Morgan fingerprint density at radius 2 is 2.15 bits per heavy atom. The van der Waals surface area contributed by atoms with Gasteiger partial charge in [0.05, 0.1) is 6.07 Å². The third kappa shape index (κ3) is 3.33. The minimum atomic E-state index is 0.262. The predicted molar refractivity (Wildman–Crippen MR) is 51.0 cm³/mol. The van der Waals surface area contributed by atoms with Crippen LogP contribution in [0.1, 0.15) is 19.8 Å². The molecule has 1 aliphatic heterocycles. The van der Waals surface area contributed by atoms with Crippen LogP contribution in [0.5, 0.6) is 0 Å². The molecule has 0 aromatic heterocycles. The molecular formula is C10H18N2O. The third-order valence-electron chi connectivity index (χ3n) is 2.65. The Morgan fingerprint density at radius 3 is 2.62 bits per heavy atom. The summed E-state index contributed by atoms with van der Waals surface area (Å²) in [6.45, 7) is 5.31. The van der Waals surface area contributed by atoms with Crippen molar-refractivity contribution in [3.8, 4) is 6.07 Å². The fourth-order valence-electron chi connectivity index (χ4n) is 1.74. The number of aliphatic hydroxyl groups excluding tert-OH is 1. The lowest BCUT2D eigenvalue weighted by molar-refractivity contribution is 0.145. The van der Waals surface area contributed by atoms with E-state index in [1.54, 1.807) is 0 Å². The molecule has 13 heavy (non-hydrogen) atoms. The van der Waals surface area contributed by atoms with Gasteiger partial charge in [0.1, 0.15) is 0 Å². The van der Waals surface area contributed by atoms with Gasteiger partial charge in [-0.2, -0.15) is 5.26 Å². The van der Waals surface area contributed by atoms with Crippen LogP contribution in [0, 0.1) is 23.2 Å². The molecule has 0 radical (unpaired) electrons. The second kappa shape index (κ2) is 5.21. The first kappa shape index (κ1) is 10.5. The molecule has 1 N–H and O–H groups in total. The highest BCUT2D eigenvalue weighted by molar-refractivity contribution is 4.87. The maximum absolute atomic E-state index is 8.88. The minimum absolute atomic E-state index is 0.262. The Balaban J connectivity index is 2.22. The van der Waals surface area contributed by atoms with Gasteiger partial charge in [0, 0.05) is 19.1 Å². The molecule has 1 rings (SSSR count). The smallest absolute Gasteiger partial charge is 0.0656 e. The highest BCUT2D eigenvalue weighted by Crippen LogP contribution is 2.16. The molecule has 0 aromatic rings. The summed E-state index contributed by atoms with van der Waals surface area (Å²) in [6.07, 6.45) is 1.99. The summed E-state index contributed by atoms with van der Waals surface area (Å²) in [4.78, 5) is 2.34. The van der Waals surface area contributed by atoms with Gasteiger partial charge < -0.3 is 10.0 Å². The van der Waals surface area contributed by atoms with E-state index in [9.17, 15) is 0 Å². The Hall–Kier alpha value is -0.590. The van der Waals surface area contributed by atoms with Crippen LogP contribution in [-0.2, 0) is 0 Å². The van der Waals surface area contributed by atoms with Gasteiger partial charge in [0.15, 0.2) is 0 Å². The van der Waals surface area contributed by atoms with Crippen LogP contribution in [0.4, 0.5) is 0 Å². The van der Waals surface area contributed by atoms with Gasteiger partial charge in [0.2, 0.25) is 0 Å². The van der Waals surface area contributed by atoms with E-state index in [-0.39, 0.29) is 12.5 Å². The third-order valence-corrected chi connectivity index (χ3v) is 2.65. The quantitative estimate of drug-likeness (QED) is 0.704. The topological polar surface area (TPSA) is 47.3 Å². The van der Waals surface area contributed by atoms with Crippen molar-refractivity contribution in [3.63, 3.8) is 0 Å². The van der Waals surface area contributed by atoms with E-state index in [2.05, 4.69) is 17.9 Å². The highest BCUT2D eigenvalue weighted by atomic mass is 16.3. The maximum atomic E-state index is 8.88. The Morgan fingerprint density at radius 1 is 1.54 bits per heavy atom. The van der Waals surface area contributed by atoms with Gasteiger partial charge in [-0.1, -0.05) is 6.92 Å². The van der Waals surface area contributed by atoms with Crippen molar-refractivity contribution in [2.24, 2.45) is 11.8 Å². The molecule has 1 aliphatic rings. The fraction of sp³-hybridized carbons (Fsp3) is 0.900. The van der Waals surface area contributed by atoms with E-state index in [4.69, 9.17) is 10.4 Å². The summed E-state index contributed by atoms with van der Waals surface area (Å²) in [5.74, 6) is 0.624. The van der Waals surface area contributed by atoms with Crippen LogP contribution in [-0.4, -0.2) is 36.2 Å². The molecule has 1 unspecified atom stereocenters. The molecule has 0 aliphatic carbocycles. The lowest BCUT2D eigenvalue weighted by Gasteiger charge is -2.30. The molecule has 1 saturated heterocycles. The van der Waals surface area contributed by atoms with Gasteiger partial charge in [-0.15, -0.1) is 0 Å². The zero-order valence-electron chi connectivity index (χ0n) is 8.24. The Bertz CT molecular complexity index is 180. The van der Waals surface area contributed by atoms with Crippen molar-refractivity contribution in [3.05, 3.63) is 0 Å². The zero-order chi connectivity index (χ0) is 9.68. The van der Waals surface area contributed by atoms with Crippen molar-refractivity contribution in [2.75, 3.05) is 26.2 Å². The largest absolute Gasteiger partial charge is 0.396 e. The first-order valence-corrected chi connectivity index (χ1v) is 4.99. The van der Waals surface area contributed by atoms with Gasteiger partial charge in [-0.25, -0.2) is 0 Å². The summed E-state index contributed by atoms with van der Waals surface area (Å²) in [5.41, 5.74) is 0. The molecule has 0 spiro atoms. The van der Waals surface area contributed by atoms with Gasteiger partial charge >= 0.3 is 0 Å². The van der Waals surface area contributed by atoms with Crippen molar-refractivity contribution in [2.45, 2.75) is 19.8 Å². The Kier molecular flexibility index (Phi) is 4.20. The molecule has 74 valence electrons. The number of aliphatic hydroxyl groups is 1. The first-order chi connectivity index (χ1) is 6.26. The van der Waals surface area contributed by atoms with Crippen molar-refractivity contribution in [1.82, 2.24) is 4.90 Å². The van der Waals surface area contributed by atoms with E-state index < -0.39 is 0 Å².